The van der Waals surface area contributed by atoms with E-state index in [1.165, 1.54) is 0 Å². The molecule has 2 nitrogen and oxygen atoms in total. The number of nitrogens with two attached hydrogens (primary N) is 1. The van der Waals surface area contributed by atoms with Crippen LogP contribution < -0.4 is 5.73 Å². The Hall–Kier alpha value is -0.290. The van der Waals surface area contributed by atoms with Crippen molar-refractivity contribution in [2.24, 2.45) is 11.7 Å². The Morgan fingerprint density at radius 2 is 1.88 bits per heavy atom. The molecule has 1 aliphatic carbocycles. The Balaban J connectivity index is 2.65. The molecule has 0 aliphatic heterocycles. The molecule has 0 saturated heterocycles. The molecule has 1 aliphatic rings. The second kappa shape index (κ2) is 6.05. The van der Waals surface area contributed by atoms with Crippen molar-refractivity contribution in [1.82, 2.24) is 0 Å². The normalized spacial score (nSPS) is 30.0. The second-order valence-electron chi connectivity index (χ2n) is 4.97. The molecular weight excluding hydrogens is 231 g/mol. The van der Waals surface area contributed by atoms with Gasteiger partial charge in [-0.05, 0) is 25.2 Å². The lowest BCUT2D eigenvalue weighted by molar-refractivity contribution is -0.246. The third-order valence-corrected chi connectivity index (χ3v) is 3.54. The summed E-state index contributed by atoms with van der Waals surface area (Å²) in [5, 5.41) is 0. The molecule has 17 heavy (non-hydrogen) atoms. The van der Waals surface area contributed by atoms with Crippen LogP contribution in [0.5, 0.6) is 0 Å². The quantitative estimate of drug-likeness (QED) is 0.834. The van der Waals surface area contributed by atoms with E-state index in [0.717, 1.165) is 19.3 Å². The Morgan fingerprint density at radius 1 is 1.29 bits per heavy atom. The van der Waals surface area contributed by atoms with E-state index in [4.69, 9.17) is 10.5 Å². The third kappa shape index (κ3) is 4.14. The molecule has 0 aromatic heterocycles. The van der Waals surface area contributed by atoms with Gasteiger partial charge in [-0.25, -0.2) is 0 Å². The first-order chi connectivity index (χ1) is 7.86. The monoisotopic (exact) mass is 253 g/mol. The van der Waals surface area contributed by atoms with Crippen molar-refractivity contribution >= 4 is 0 Å². The lowest BCUT2D eigenvalue weighted by atomic mass is 9.87. The number of hydrogen-bond acceptors (Lipinski definition) is 2. The van der Waals surface area contributed by atoms with Crippen LogP contribution in [0.2, 0.25) is 0 Å². The highest BCUT2D eigenvalue weighted by molar-refractivity contribution is 4.83. The number of hydrogen-bond donors (Lipinski definition) is 1. The van der Waals surface area contributed by atoms with E-state index in [9.17, 15) is 13.2 Å². The highest BCUT2D eigenvalue weighted by Gasteiger charge is 2.45. The van der Waals surface area contributed by atoms with Crippen LogP contribution in [0.15, 0.2) is 0 Å². The molecule has 0 heterocycles. The summed E-state index contributed by atoms with van der Waals surface area (Å²) in [5.74, 6) is 0.192. The summed E-state index contributed by atoms with van der Waals surface area (Å²) in [6.45, 7) is 3.60. The molecule has 1 saturated carbocycles. The summed E-state index contributed by atoms with van der Waals surface area (Å²) in [7, 11) is 0. The Bertz CT molecular complexity index is 232. The van der Waals surface area contributed by atoms with E-state index in [1.807, 2.05) is 6.92 Å². The van der Waals surface area contributed by atoms with E-state index in [0.29, 0.717) is 6.42 Å². The summed E-state index contributed by atoms with van der Waals surface area (Å²) in [5.41, 5.74) is 5.52. The predicted molar refractivity (Wildman–Crippen MR) is 60.6 cm³/mol. The largest absolute Gasteiger partial charge is 0.416 e. The average Bonchev–Trinajstić information content (AvgIpc) is 2.25. The van der Waals surface area contributed by atoms with Crippen LogP contribution in [0.4, 0.5) is 13.2 Å². The minimum atomic E-state index is -4.37. The van der Waals surface area contributed by atoms with Crippen LogP contribution in [0.1, 0.15) is 46.0 Å². The van der Waals surface area contributed by atoms with E-state index in [1.54, 1.807) is 6.92 Å². The van der Waals surface area contributed by atoms with Crippen molar-refractivity contribution in [1.29, 1.82) is 0 Å². The lowest BCUT2D eigenvalue weighted by Crippen LogP contribution is -2.49. The molecule has 2 N–H and O–H groups in total. The Labute approximate surface area is 101 Å². The summed E-state index contributed by atoms with van der Waals surface area (Å²) in [6, 6.07) is -0.968. The van der Waals surface area contributed by atoms with Gasteiger partial charge >= 0.3 is 6.18 Å². The molecule has 0 radical (unpaired) electrons. The smallest absolute Gasteiger partial charge is 0.364 e. The van der Waals surface area contributed by atoms with Gasteiger partial charge in [0.05, 0.1) is 6.10 Å². The van der Waals surface area contributed by atoms with Crippen molar-refractivity contribution in [2.45, 2.75) is 70.4 Å². The highest BCUT2D eigenvalue weighted by atomic mass is 19.4. The SMILES string of the molecule is CCC(N)C(OC1CCCCC1C)C(F)(F)F. The number of ether oxygens (including phenoxy) is 1. The molecule has 0 bridgehead atoms. The van der Waals surface area contributed by atoms with Crippen molar-refractivity contribution in [3.63, 3.8) is 0 Å². The maximum atomic E-state index is 12.8. The fraction of sp³-hybridized carbons (Fsp3) is 1.00. The minimum Gasteiger partial charge on any atom is -0.364 e. The predicted octanol–water partition coefficient (Wildman–Crippen LogP) is 3.25. The van der Waals surface area contributed by atoms with Crippen LogP contribution in [0, 0.1) is 5.92 Å². The molecule has 0 aromatic carbocycles. The van der Waals surface area contributed by atoms with Crippen molar-refractivity contribution in [3.8, 4) is 0 Å². The van der Waals surface area contributed by atoms with Crippen molar-refractivity contribution < 1.29 is 17.9 Å². The lowest BCUT2D eigenvalue weighted by Gasteiger charge is -2.35. The topological polar surface area (TPSA) is 35.2 Å². The van der Waals surface area contributed by atoms with E-state index in [-0.39, 0.29) is 18.4 Å². The molecule has 1 rings (SSSR count). The molecule has 4 atom stereocenters. The van der Waals surface area contributed by atoms with E-state index >= 15 is 0 Å². The van der Waals surface area contributed by atoms with Gasteiger partial charge in [0, 0.05) is 6.04 Å². The Morgan fingerprint density at radius 3 is 2.35 bits per heavy atom. The molecule has 0 aromatic rings. The highest BCUT2D eigenvalue weighted by Crippen LogP contribution is 2.32. The molecule has 0 spiro atoms. The first-order valence-electron chi connectivity index (χ1n) is 6.34. The fourth-order valence-corrected chi connectivity index (χ4v) is 2.31. The van der Waals surface area contributed by atoms with Crippen LogP contribution in [-0.2, 0) is 4.74 Å². The fourth-order valence-electron chi connectivity index (χ4n) is 2.31. The third-order valence-electron chi connectivity index (χ3n) is 3.54. The molecular formula is C12H22F3NO. The van der Waals surface area contributed by atoms with Gasteiger partial charge < -0.3 is 10.5 Å². The maximum Gasteiger partial charge on any atom is 0.416 e. The summed E-state index contributed by atoms with van der Waals surface area (Å²) in [6.07, 6.45) is -2.54. The van der Waals surface area contributed by atoms with Crippen molar-refractivity contribution in [2.75, 3.05) is 0 Å². The molecule has 1 fully saturated rings. The number of alkyl halides is 3. The van der Waals surface area contributed by atoms with Gasteiger partial charge in [0.2, 0.25) is 0 Å². The first kappa shape index (κ1) is 14.8. The van der Waals surface area contributed by atoms with Gasteiger partial charge in [-0.15, -0.1) is 0 Å². The molecule has 5 heteroatoms. The van der Waals surface area contributed by atoms with Crippen LogP contribution >= 0.6 is 0 Å². The summed E-state index contributed by atoms with van der Waals surface area (Å²) in [4.78, 5) is 0. The van der Waals surface area contributed by atoms with Gasteiger partial charge in [-0.3, -0.25) is 0 Å². The zero-order valence-corrected chi connectivity index (χ0v) is 10.5. The van der Waals surface area contributed by atoms with Gasteiger partial charge in [0.1, 0.15) is 0 Å². The number of halogens is 3. The molecule has 102 valence electrons. The zero-order chi connectivity index (χ0) is 13.1. The maximum absolute atomic E-state index is 12.8. The molecule has 4 unspecified atom stereocenters. The first-order valence-corrected chi connectivity index (χ1v) is 6.34. The van der Waals surface area contributed by atoms with E-state index < -0.39 is 18.3 Å². The van der Waals surface area contributed by atoms with E-state index in [2.05, 4.69) is 0 Å². The van der Waals surface area contributed by atoms with Gasteiger partial charge in [-0.1, -0.05) is 26.7 Å². The van der Waals surface area contributed by atoms with Crippen LogP contribution in [-0.4, -0.2) is 24.4 Å². The molecule has 0 amide bonds. The second-order valence-corrected chi connectivity index (χ2v) is 4.97. The number of rotatable bonds is 4. The van der Waals surface area contributed by atoms with Gasteiger partial charge in [-0.2, -0.15) is 13.2 Å². The minimum absolute atomic E-state index is 0.192. The Kier molecular flexibility index (Phi) is 5.25. The van der Waals surface area contributed by atoms with Crippen LogP contribution in [0.3, 0.4) is 0 Å². The summed E-state index contributed by atoms with van der Waals surface area (Å²) >= 11 is 0. The zero-order valence-electron chi connectivity index (χ0n) is 10.5. The van der Waals surface area contributed by atoms with Gasteiger partial charge in [0.25, 0.3) is 0 Å². The summed E-state index contributed by atoms with van der Waals surface area (Å²) < 4.78 is 43.8. The average molecular weight is 253 g/mol. The van der Waals surface area contributed by atoms with Crippen LogP contribution in [0.25, 0.3) is 0 Å². The van der Waals surface area contributed by atoms with Gasteiger partial charge in [0.15, 0.2) is 6.10 Å². The standard InChI is InChI=1S/C12H22F3NO/c1-3-9(16)11(12(13,14)15)17-10-7-5-4-6-8(10)2/h8-11H,3-7,16H2,1-2H3. The van der Waals surface area contributed by atoms with Crippen molar-refractivity contribution in [3.05, 3.63) is 0 Å².